The molecule has 0 spiro atoms. The van der Waals surface area contributed by atoms with Crippen molar-refractivity contribution in [3.63, 3.8) is 0 Å². The fraction of sp³-hybridized carbons (Fsp3) is 0.0500. The summed E-state index contributed by atoms with van der Waals surface area (Å²) in [6.45, 7) is 0. The number of pyridine rings is 1. The number of hydrogen-bond donors (Lipinski definition) is 1. The van der Waals surface area contributed by atoms with Crippen LogP contribution in [0.4, 0.5) is 0 Å². The lowest BCUT2D eigenvalue weighted by atomic mass is 10.1. The summed E-state index contributed by atoms with van der Waals surface area (Å²) in [6, 6.07) is 21.3. The van der Waals surface area contributed by atoms with Crippen molar-refractivity contribution in [1.82, 2.24) is 9.97 Å². The normalized spacial score (nSPS) is 11.5. The van der Waals surface area contributed by atoms with Gasteiger partial charge in [-0.3, -0.25) is 4.98 Å². The first-order chi connectivity index (χ1) is 10.9. The van der Waals surface area contributed by atoms with E-state index in [4.69, 9.17) is 0 Å². The third-order valence-corrected chi connectivity index (χ3v) is 4.06. The van der Waals surface area contributed by atoms with Crippen LogP contribution in [0.5, 0.6) is 0 Å². The van der Waals surface area contributed by atoms with Crippen LogP contribution in [0.25, 0.3) is 22.0 Å². The SMILES string of the molecule is c1cc2[nH]ccc2cn1.c1ccc2c(c1)Cc1ccccc1-2. The molecule has 0 saturated heterocycles. The molecule has 1 aliphatic rings. The molecule has 2 aromatic carbocycles. The molecule has 22 heavy (non-hydrogen) atoms. The van der Waals surface area contributed by atoms with Crippen LogP contribution in [-0.4, -0.2) is 9.97 Å². The Morgan fingerprint density at radius 1 is 0.773 bits per heavy atom. The van der Waals surface area contributed by atoms with Gasteiger partial charge in [-0.05, 0) is 40.8 Å². The van der Waals surface area contributed by atoms with Gasteiger partial charge in [0, 0.05) is 29.5 Å². The second kappa shape index (κ2) is 5.49. The first-order valence-corrected chi connectivity index (χ1v) is 7.45. The number of aromatic amines is 1. The lowest BCUT2D eigenvalue weighted by Crippen LogP contribution is -1.77. The number of H-pyrrole nitrogens is 1. The van der Waals surface area contributed by atoms with E-state index in [2.05, 4.69) is 58.5 Å². The summed E-state index contributed by atoms with van der Waals surface area (Å²) >= 11 is 0. The molecule has 2 aromatic heterocycles. The predicted molar refractivity (Wildman–Crippen MR) is 90.8 cm³/mol. The zero-order valence-electron chi connectivity index (χ0n) is 12.2. The van der Waals surface area contributed by atoms with Gasteiger partial charge in [-0.25, -0.2) is 0 Å². The summed E-state index contributed by atoms with van der Waals surface area (Å²) in [6.07, 6.45) is 6.63. The van der Waals surface area contributed by atoms with E-state index in [-0.39, 0.29) is 0 Å². The van der Waals surface area contributed by atoms with E-state index in [1.807, 2.05) is 24.5 Å². The highest BCUT2D eigenvalue weighted by atomic mass is 14.7. The molecule has 0 bridgehead atoms. The van der Waals surface area contributed by atoms with Crippen molar-refractivity contribution in [1.29, 1.82) is 0 Å². The summed E-state index contributed by atoms with van der Waals surface area (Å²) in [4.78, 5) is 7.04. The third-order valence-electron chi connectivity index (χ3n) is 4.06. The Balaban J connectivity index is 0.000000122. The van der Waals surface area contributed by atoms with Crippen LogP contribution in [0.1, 0.15) is 11.1 Å². The number of benzene rings is 2. The maximum atomic E-state index is 3.97. The van der Waals surface area contributed by atoms with Crippen molar-refractivity contribution in [3.8, 4) is 11.1 Å². The van der Waals surface area contributed by atoms with Crippen LogP contribution in [0.15, 0.2) is 79.3 Å². The first kappa shape index (κ1) is 12.8. The third kappa shape index (κ3) is 2.29. The van der Waals surface area contributed by atoms with E-state index in [0.29, 0.717) is 0 Å². The van der Waals surface area contributed by atoms with Gasteiger partial charge >= 0.3 is 0 Å². The minimum absolute atomic E-state index is 1.10. The summed E-state index contributed by atoms with van der Waals surface area (Å²) in [7, 11) is 0. The predicted octanol–water partition coefficient (Wildman–Crippen LogP) is 4.82. The smallest absolute Gasteiger partial charge is 0.0484 e. The van der Waals surface area contributed by atoms with Gasteiger partial charge in [-0.1, -0.05) is 48.5 Å². The monoisotopic (exact) mass is 284 g/mol. The average molecular weight is 284 g/mol. The standard InChI is InChI=1S/C13H10.C7H6N2/c1-3-7-12-10(5-1)9-11-6-2-4-8-13(11)12;1-4-9-7-2-3-8-5-6(1)7/h1-8H,9H2;1-5,9H. The van der Waals surface area contributed by atoms with Gasteiger partial charge in [0.1, 0.15) is 0 Å². The molecule has 5 rings (SSSR count). The summed E-state index contributed by atoms with van der Waals surface area (Å²) < 4.78 is 0. The largest absolute Gasteiger partial charge is 0.361 e. The second-order valence-corrected chi connectivity index (χ2v) is 5.43. The number of rotatable bonds is 0. The minimum atomic E-state index is 1.10. The molecule has 2 heterocycles. The molecule has 1 N–H and O–H groups in total. The zero-order chi connectivity index (χ0) is 14.8. The summed E-state index contributed by atoms with van der Waals surface area (Å²) in [5.41, 5.74) is 6.90. The molecular formula is C20H16N2. The molecule has 106 valence electrons. The highest BCUT2D eigenvalue weighted by Gasteiger charge is 2.15. The first-order valence-electron chi connectivity index (χ1n) is 7.45. The van der Waals surface area contributed by atoms with Crippen LogP contribution in [0, 0.1) is 0 Å². The molecule has 0 amide bonds. The quantitative estimate of drug-likeness (QED) is 0.434. The zero-order valence-corrected chi connectivity index (χ0v) is 12.2. The maximum absolute atomic E-state index is 3.97. The van der Waals surface area contributed by atoms with Crippen molar-refractivity contribution in [3.05, 3.63) is 90.4 Å². The lowest BCUT2D eigenvalue weighted by Gasteiger charge is -1.98. The van der Waals surface area contributed by atoms with Gasteiger partial charge in [0.25, 0.3) is 0 Å². The fourth-order valence-corrected chi connectivity index (χ4v) is 2.97. The van der Waals surface area contributed by atoms with Crippen molar-refractivity contribution >= 4 is 10.9 Å². The fourth-order valence-electron chi connectivity index (χ4n) is 2.97. The highest BCUT2D eigenvalue weighted by Crippen LogP contribution is 2.35. The van der Waals surface area contributed by atoms with Crippen molar-refractivity contribution < 1.29 is 0 Å². The summed E-state index contributed by atoms with van der Waals surface area (Å²) in [5, 5.41) is 1.16. The van der Waals surface area contributed by atoms with E-state index in [9.17, 15) is 0 Å². The van der Waals surface area contributed by atoms with Gasteiger partial charge in [0.2, 0.25) is 0 Å². The molecule has 1 aliphatic carbocycles. The number of aromatic nitrogens is 2. The van der Waals surface area contributed by atoms with E-state index < -0.39 is 0 Å². The van der Waals surface area contributed by atoms with Gasteiger partial charge in [0.05, 0.1) is 0 Å². The average Bonchev–Trinajstić information content (AvgIpc) is 3.19. The Labute approximate surface area is 129 Å². The van der Waals surface area contributed by atoms with Crippen molar-refractivity contribution in [2.45, 2.75) is 6.42 Å². The molecule has 2 nitrogen and oxygen atoms in total. The second-order valence-electron chi connectivity index (χ2n) is 5.43. The molecule has 4 aromatic rings. The molecule has 0 radical (unpaired) electrons. The van der Waals surface area contributed by atoms with E-state index in [0.717, 1.165) is 17.3 Å². The molecule has 0 atom stereocenters. The van der Waals surface area contributed by atoms with Crippen LogP contribution in [-0.2, 0) is 6.42 Å². The minimum Gasteiger partial charge on any atom is -0.361 e. The molecule has 0 fully saturated rings. The van der Waals surface area contributed by atoms with E-state index in [1.165, 1.54) is 22.3 Å². The number of fused-ring (bicyclic) bond motifs is 4. The van der Waals surface area contributed by atoms with E-state index in [1.54, 1.807) is 6.20 Å². The maximum Gasteiger partial charge on any atom is 0.0484 e. The van der Waals surface area contributed by atoms with Crippen molar-refractivity contribution in [2.24, 2.45) is 0 Å². The van der Waals surface area contributed by atoms with Gasteiger partial charge in [0.15, 0.2) is 0 Å². The Bertz CT molecular complexity index is 848. The topological polar surface area (TPSA) is 28.7 Å². The number of nitrogens with one attached hydrogen (secondary N) is 1. The summed E-state index contributed by atoms with van der Waals surface area (Å²) in [5.74, 6) is 0. The van der Waals surface area contributed by atoms with Crippen LogP contribution in [0.3, 0.4) is 0 Å². The molecule has 2 heteroatoms. The van der Waals surface area contributed by atoms with Crippen LogP contribution < -0.4 is 0 Å². The van der Waals surface area contributed by atoms with Gasteiger partial charge < -0.3 is 4.98 Å². The van der Waals surface area contributed by atoms with E-state index >= 15 is 0 Å². The van der Waals surface area contributed by atoms with Crippen LogP contribution >= 0.6 is 0 Å². The van der Waals surface area contributed by atoms with Gasteiger partial charge in [-0.2, -0.15) is 0 Å². The Morgan fingerprint density at radius 2 is 1.45 bits per heavy atom. The van der Waals surface area contributed by atoms with Crippen LogP contribution in [0.2, 0.25) is 0 Å². The Morgan fingerprint density at radius 3 is 2.14 bits per heavy atom. The molecular weight excluding hydrogens is 268 g/mol. The number of hydrogen-bond acceptors (Lipinski definition) is 1. The molecule has 0 saturated carbocycles. The molecule has 0 aliphatic heterocycles. The van der Waals surface area contributed by atoms with Gasteiger partial charge in [-0.15, -0.1) is 0 Å². The Kier molecular flexibility index (Phi) is 3.20. The number of nitrogens with zero attached hydrogens (tertiary/aromatic N) is 1. The molecule has 0 unspecified atom stereocenters. The lowest BCUT2D eigenvalue weighted by molar-refractivity contribution is 1.26. The van der Waals surface area contributed by atoms with Crippen molar-refractivity contribution in [2.75, 3.05) is 0 Å². The Hall–Kier alpha value is -2.87. The highest BCUT2D eigenvalue weighted by molar-refractivity contribution is 5.77.